The molecule has 2 atom stereocenters. The molecule has 0 amide bonds. The number of para-hydroxylation sites is 5. The number of anilines is 4. The Labute approximate surface area is 354 Å². The van der Waals surface area contributed by atoms with E-state index in [0.29, 0.717) is 4.59 Å². The highest BCUT2D eigenvalue weighted by Crippen LogP contribution is 2.68. The maximum absolute atomic E-state index is 2.74. The first-order valence-corrected chi connectivity index (χ1v) is 21.6. The molecule has 9 aromatic rings. The van der Waals surface area contributed by atoms with Crippen LogP contribution in [-0.2, 0) is 0 Å². The molecule has 6 heterocycles. The first-order chi connectivity index (χ1) is 30.1. The molecule has 0 bridgehead atoms. The summed E-state index contributed by atoms with van der Waals surface area (Å²) >= 11 is 0. The van der Waals surface area contributed by atoms with Gasteiger partial charge >= 0.3 is 12.1 Å². The van der Waals surface area contributed by atoms with Crippen molar-refractivity contribution in [2.75, 3.05) is 9.80 Å². The van der Waals surface area contributed by atoms with Crippen LogP contribution in [0, 0.1) is 13.8 Å². The van der Waals surface area contributed by atoms with E-state index in [-0.39, 0.29) is 6.29 Å². The van der Waals surface area contributed by atoms with Crippen LogP contribution in [0.3, 0.4) is 0 Å². The van der Waals surface area contributed by atoms with E-state index in [1.807, 2.05) is 0 Å². The van der Waals surface area contributed by atoms with Crippen LogP contribution in [0.5, 0.6) is 0 Å². The van der Waals surface area contributed by atoms with Crippen molar-refractivity contribution >= 4 is 61.5 Å². The lowest BCUT2D eigenvalue weighted by molar-refractivity contribution is -0.794. The van der Waals surface area contributed by atoms with Crippen LogP contribution in [0.2, 0.25) is 0 Å². The molecule has 1 spiro atoms. The van der Waals surface area contributed by atoms with Gasteiger partial charge in [0.25, 0.3) is 0 Å². The van der Waals surface area contributed by atoms with Crippen molar-refractivity contribution in [1.82, 2.24) is 9.16 Å². The average Bonchev–Trinajstić information content (AvgIpc) is 3.92. The number of allylic oxidation sites excluding steroid dienone is 4. The molecule has 0 N–H and O–H groups in total. The van der Waals surface area contributed by atoms with Gasteiger partial charge in [-0.3, -0.25) is 9.80 Å². The molecule has 288 valence electrons. The van der Waals surface area contributed by atoms with Gasteiger partial charge in [-0.15, -0.1) is 0 Å². The van der Waals surface area contributed by atoms with E-state index in [1.165, 1.54) is 112 Å². The fourth-order valence-electron chi connectivity index (χ4n) is 11.7. The lowest BCUT2D eigenvalue weighted by Crippen LogP contribution is -2.78. The van der Waals surface area contributed by atoms with Crippen LogP contribution >= 0.6 is 0 Å². The number of fused-ring (bicyclic) bond motifs is 12. The lowest BCUT2D eigenvalue weighted by Gasteiger charge is -2.42. The van der Waals surface area contributed by atoms with Crippen molar-refractivity contribution in [2.24, 2.45) is 0 Å². The molecule has 2 aromatic heterocycles. The zero-order valence-electron chi connectivity index (χ0n) is 34.0. The Morgan fingerprint density at radius 3 is 2.07 bits per heavy atom. The Bertz CT molecular complexity index is 3480. The third kappa shape index (κ3) is 4.03. The van der Waals surface area contributed by atoms with Crippen LogP contribution < -0.4 is 19.1 Å². The minimum atomic E-state index is -0.282. The molecule has 61 heavy (non-hydrogen) atoms. The van der Waals surface area contributed by atoms with Crippen molar-refractivity contribution < 1.29 is 4.68 Å². The Morgan fingerprint density at radius 2 is 1.25 bits per heavy atom. The van der Waals surface area contributed by atoms with Crippen LogP contribution in [0.4, 0.5) is 34.1 Å². The number of nitrogens with zero attached hydrogens (tertiary/aromatic N) is 5. The van der Waals surface area contributed by atoms with Gasteiger partial charge in [0, 0.05) is 28.0 Å². The second kappa shape index (κ2) is 11.8. The summed E-state index contributed by atoms with van der Waals surface area (Å²) in [5.41, 5.74) is 22.8. The predicted octanol–water partition coefficient (Wildman–Crippen LogP) is 13.7. The van der Waals surface area contributed by atoms with Gasteiger partial charge < -0.3 is 0 Å². The third-order valence-electron chi connectivity index (χ3n) is 14.3. The van der Waals surface area contributed by atoms with Gasteiger partial charge in [0.05, 0.1) is 28.2 Å². The Balaban J connectivity index is 1.22. The van der Waals surface area contributed by atoms with Gasteiger partial charge in [0.1, 0.15) is 11.2 Å². The van der Waals surface area contributed by atoms with Crippen molar-refractivity contribution in [1.29, 1.82) is 0 Å². The summed E-state index contributed by atoms with van der Waals surface area (Å²) in [6, 6.07) is 59.8. The number of aromatic nitrogens is 2. The molecule has 0 radical (unpaired) electrons. The van der Waals surface area contributed by atoms with Gasteiger partial charge in [-0.05, 0) is 124 Å². The molecular weight excluding hydrogens is 743 g/mol. The number of benzene rings is 7. The van der Waals surface area contributed by atoms with Crippen molar-refractivity contribution in [2.45, 2.75) is 33.0 Å². The fourth-order valence-corrected chi connectivity index (χ4v) is 11.7. The van der Waals surface area contributed by atoms with E-state index >= 15 is 0 Å². The highest BCUT2D eigenvalue weighted by molar-refractivity contribution is 6.19. The van der Waals surface area contributed by atoms with Gasteiger partial charge in [0.2, 0.25) is 16.9 Å². The number of rotatable bonds is 3. The van der Waals surface area contributed by atoms with Crippen LogP contribution in [0.1, 0.15) is 29.5 Å². The SMILES string of the molecule is Cc1cc2c(cc1C)-c1ccc3c4ccccc4n4c3c1[N+]1(c3c-2cccc3N2c3ccccc3N(c3c(C5=CC=CCC5)cccc3-c3ccccc3)C21)[n+]1ccccc1-4. The van der Waals surface area contributed by atoms with E-state index in [0.717, 1.165) is 18.7 Å². The highest BCUT2D eigenvalue weighted by atomic mass is 15.8. The predicted molar refractivity (Wildman–Crippen MR) is 251 cm³/mol. The molecule has 5 heteroatoms. The summed E-state index contributed by atoms with van der Waals surface area (Å²) in [5.74, 6) is 1.15. The Morgan fingerprint density at radius 1 is 0.557 bits per heavy atom. The standard InChI is InChI=1S/C56H41N5/c1-35-33-45-43-24-16-28-50-54(43)61(55-44(46(45)34-36(35)2)31-30-42-41-21-9-10-25-47(41)59(53(42)55)51-29-13-14-32-57(51)61)56-58(50)48-26-11-12-27-49(48)60(56)52-39(37-17-5-3-6-18-37)22-15-23-40(52)38-19-7-4-8-20-38/h3-7,9-19,21-34,56H,8,20H2,1-2H3/q+2. The lowest BCUT2D eigenvalue weighted by atomic mass is 9.90. The maximum Gasteiger partial charge on any atom is 0.338 e. The quantitative estimate of drug-likeness (QED) is 0.131. The molecule has 4 aliphatic heterocycles. The maximum atomic E-state index is 2.74. The average molecular weight is 784 g/mol. The summed E-state index contributed by atoms with van der Waals surface area (Å²) in [7, 11) is 0. The minimum absolute atomic E-state index is 0.282. The summed E-state index contributed by atoms with van der Waals surface area (Å²) in [6.07, 6.45) is 11.0. The van der Waals surface area contributed by atoms with Crippen LogP contribution in [0.25, 0.3) is 66.6 Å². The Kier molecular flexibility index (Phi) is 6.48. The van der Waals surface area contributed by atoms with Gasteiger partial charge in [-0.2, -0.15) is 4.57 Å². The Hall–Kier alpha value is -7.47. The number of pyridine rings is 1. The zero-order chi connectivity index (χ0) is 40.1. The first-order valence-electron chi connectivity index (χ1n) is 21.6. The van der Waals surface area contributed by atoms with E-state index in [9.17, 15) is 0 Å². The van der Waals surface area contributed by atoms with E-state index in [4.69, 9.17) is 0 Å². The number of quaternary nitrogens is 1. The summed E-state index contributed by atoms with van der Waals surface area (Å²) in [6.45, 7) is 4.54. The van der Waals surface area contributed by atoms with Crippen molar-refractivity contribution in [3.8, 4) is 39.2 Å². The largest absolute Gasteiger partial charge is 0.338 e. The molecule has 0 saturated heterocycles. The van der Waals surface area contributed by atoms with Gasteiger partial charge in [-0.1, -0.05) is 115 Å². The zero-order valence-corrected chi connectivity index (χ0v) is 34.0. The number of aryl methyl sites for hydroxylation is 2. The number of hydrogen-bond acceptors (Lipinski definition) is 2. The van der Waals surface area contributed by atoms with Crippen molar-refractivity contribution in [3.05, 3.63) is 199 Å². The molecule has 5 nitrogen and oxygen atoms in total. The molecule has 2 unspecified atom stereocenters. The second-order valence-corrected chi connectivity index (χ2v) is 17.3. The van der Waals surface area contributed by atoms with E-state index in [1.54, 1.807) is 0 Å². The summed E-state index contributed by atoms with van der Waals surface area (Å²) in [5, 5.41) is 2.55. The highest BCUT2D eigenvalue weighted by Gasteiger charge is 2.70. The van der Waals surface area contributed by atoms with E-state index < -0.39 is 0 Å². The van der Waals surface area contributed by atoms with Crippen LogP contribution in [-0.4, -0.2) is 10.9 Å². The first kappa shape index (κ1) is 33.4. The molecule has 1 aliphatic carbocycles. The minimum Gasteiger partial charge on any atom is -0.266 e. The fraction of sp³-hybridized carbons (Fsp3) is 0.0893. The van der Waals surface area contributed by atoms with Gasteiger partial charge in [-0.25, -0.2) is 0 Å². The molecule has 0 fully saturated rings. The molecular formula is C56H41N5+2. The monoisotopic (exact) mass is 783 g/mol. The molecule has 0 saturated carbocycles. The van der Waals surface area contributed by atoms with E-state index in [2.05, 4.69) is 215 Å². The van der Waals surface area contributed by atoms with Crippen molar-refractivity contribution in [3.63, 3.8) is 0 Å². The molecule has 14 rings (SSSR count). The third-order valence-corrected chi connectivity index (χ3v) is 14.3. The smallest absolute Gasteiger partial charge is 0.266 e. The molecule has 7 aromatic carbocycles. The summed E-state index contributed by atoms with van der Waals surface area (Å²) in [4.78, 5) is 5.43. The molecule has 5 aliphatic rings. The second-order valence-electron chi connectivity index (χ2n) is 17.3. The topological polar surface area (TPSA) is 15.3 Å². The van der Waals surface area contributed by atoms with Gasteiger partial charge in [0.15, 0.2) is 6.20 Å². The number of hydrogen-bond donors (Lipinski definition) is 0. The van der Waals surface area contributed by atoms with Crippen LogP contribution in [0.15, 0.2) is 182 Å². The summed E-state index contributed by atoms with van der Waals surface area (Å²) < 4.78 is 5.61. The normalized spacial score (nSPS) is 18.4.